The first-order chi connectivity index (χ1) is 8.59. The Morgan fingerprint density at radius 1 is 1.22 bits per heavy atom. The molecule has 0 aliphatic rings. The van der Waals surface area contributed by atoms with Gasteiger partial charge in [-0.05, 0) is 12.1 Å². The highest BCUT2D eigenvalue weighted by atomic mass is 35.5. The zero-order valence-corrected chi connectivity index (χ0v) is 10.0. The molecule has 5 nitrogen and oxygen atoms in total. The molecule has 0 unspecified atom stereocenters. The van der Waals surface area contributed by atoms with Crippen molar-refractivity contribution < 1.29 is 4.92 Å². The van der Waals surface area contributed by atoms with Crippen LogP contribution in [-0.4, -0.2) is 9.49 Å². The number of pyridine rings is 1. The molecule has 1 aromatic carbocycles. The lowest BCUT2D eigenvalue weighted by atomic mass is 10.1. The van der Waals surface area contributed by atoms with Crippen molar-refractivity contribution >= 4 is 17.3 Å². The molecule has 0 fully saturated rings. The van der Waals surface area contributed by atoms with Crippen molar-refractivity contribution in [3.05, 3.63) is 73.6 Å². The Bertz CT molecular complexity index is 652. The summed E-state index contributed by atoms with van der Waals surface area (Å²) in [6.45, 7) is 0.0790. The van der Waals surface area contributed by atoms with Gasteiger partial charge in [0.25, 0.3) is 11.2 Å². The van der Waals surface area contributed by atoms with E-state index in [0.29, 0.717) is 5.56 Å². The Morgan fingerprint density at radius 3 is 2.67 bits per heavy atom. The van der Waals surface area contributed by atoms with Crippen molar-refractivity contribution in [3.63, 3.8) is 0 Å². The maximum atomic E-state index is 11.6. The maximum Gasteiger partial charge on any atom is 0.275 e. The number of aromatic nitrogens is 1. The van der Waals surface area contributed by atoms with Crippen LogP contribution < -0.4 is 5.56 Å². The Labute approximate surface area is 107 Å². The van der Waals surface area contributed by atoms with Gasteiger partial charge in [0.05, 0.1) is 22.1 Å². The van der Waals surface area contributed by atoms with Gasteiger partial charge in [-0.3, -0.25) is 14.9 Å². The van der Waals surface area contributed by atoms with Crippen LogP contribution in [0, 0.1) is 10.1 Å². The summed E-state index contributed by atoms with van der Waals surface area (Å²) in [5.41, 5.74) is 0.0161. The number of halogens is 1. The van der Waals surface area contributed by atoms with Gasteiger partial charge < -0.3 is 4.57 Å². The molecular weight excluding hydrogens is 256 g/mol. The van der Waals surface area contributed by atoms with E-state index in [4.69, 9.17) is 11.6 Å². The number of nitro benzene ring substituents is 1. The highest BCUT2D eigenvalue weighted by Gasteiger charge is 2.16. The van der Waals surface area contributed by atoms with Crippen molar-refractivity contribution in [2.45, 2.75) is 6.54 Å². The zero-order chi connectivity index (χ0) is 13.1. The second kappa shape index (κ2) is 5.01. The smallest absolute Gasteiger partial charge is 0.275 e. The fourth-order valence-corrected chi connectivity index (χ4v) is 1.87. The number of hydrogen-bond donors (Lipinski definition) is 0. The molecular formula is C12H9ClN2O3. The molecule has 2 rings (SSSR count). The summed E-state index contributed by atoms with van der Waals surface area (Å²) in [4.78, 5) is 22.0. The summed E-state index contributed by atoms with van der Waals surface area (Å²) < 4.78 is 1.37. The van der Waals surface area contributed by atoms with Crippen LogP contribution in [0.3, 0.4) is 0 Å². The van der Waals surface area contributed by atoms with Crippen LogP contribution in [0.2, 0.25) is 5.02 Å². The molecule has 0 saturated carbocycles. The van der Waals surface area contributed by atoms with E-state index < -0.39 is 4.92 Å². The van der Waals surface area contributed by atoms with E-state index in [2.05, 4.69) is 0 Å². The minimum atomic E-state index is -0.505. The third kappa shape index (κ3) is 2.41. The van der Waals surface area contributed by atoms with Crippen LogP contribution in [0.4, 0.5) is 5.69 Å². The average molecular weight is 265 g/mol. The molecule has 0 spiro atoms. The Hall–Kier alpha value is -2.14. The first-order valence-electron chi connectivity index (χ1n) is 5.17. The Morgan fingerprint density at radius 2 is 2.00 bits per heavy atom. The minimum absolute atomic E-state index is 0.0790. The topological polar surface area (TPSA) is 65.1 Å². The van der Waals surface area contributed by atoms with E-state index in [1.165, 1.54) is 22.8 Å². The molecule has 0 bridgehead atoms. The summed E-state index contributed by atoms with van der Waals surface area (Å²) in [7, 11) is 0. The third-order valence-electron chi connectivity index (χ3n) is 2.52. The standard InChI is InChI=1S/C12H9ClN2O3/c13-10-4-3-5-11(15(17)18)9(10)8-14-7-2-1-6-12(14)16/h1-7H,8H2. The van der Waals surface area contributed by atoms with Crippen LogP contribution in [-0.2, 0) is 6.54 Å². The predicted octanol–water partition coefficient (Wildman–Crippen LogP) is 2.46. The second-order valence-corrected chi connectivity index (χ2v) is 4.07. The molecule has 0 aliphatic carbocycles. The molecule has 18 heavy (non-hydrogen) atoms. The minimum Gasteiger partial charge on any atom is -0.311 e. The summed E-state index contributed by atoms with van der Waals surface area (Å²) in [6, 6.07) is 9.14. The highest BCUT2D eigenvalue weighted by Crippen LogP contribution is 2.26. The summed E-state index contributed by atoms with van der Waals surface area (Å²) >= 11 is 5.96. The van der Waals surface area contributed by atoms with E-state index in [1.807, 2.05) is 0 Å². The van der Waals surface area contributed by atoms with E-state index in [1.54, 1.807) is 24.4 Å². The fourth-order valence-electron chi connectivity index (χ4n) is 1.64. The average Bonchev–Trinajstić information content (AvgIpc) is 2.34. The van der Waals surface area contributed by atoms with Gasteiger partial charge in [0, 0.05) is 18.3 Å². The van der Waals surface area contributed by atoms with E-state index in [0.717, 1.165) is 0 Å². The second-order valence-electron chi connectivity index (χ2n) is 3.66. The Kier molecular flexibility index (Phi) is 3.43. The lowest BCUT2D eigenvalue weighted by molar-refractivity contribution is -0.385. The van der Waals surface area contributed by atoms with Crippen LogP contribution in [0.15, 0.2) is 47.4 Å². The largest absolute Gasteiger partial charge is 0.311 e. The molecule has 92 valence electrons. The number of nitro groups is 1. The van der Waals surface area contributed by atoms with Gasteiger partial charge in [-0.25, -0.2) is 0 Å². The van der Waals surface area contributed by atoms with Crippen molar-refractivity contribution in [2.24, 2.45) is 0 Å². The number of hydrogen-bond acceptors (Lipinski definition) is 3. The first kappa shape index (κ1) is 12.3. The molecule has 0 aliphatic heterocycles. The summed E-state index contributed by atoms with van der Waals surface area (Å²) in [5, 5.41) is 11.2. The van der Waals surface area contributed by atoms with Gasteiger partial charge >= 0.3 is 0 Å². The normalized spacial score (nSPS) is 10.3. The lowest BCUT2D eigenvalue weighted by Crippen LogP contribution is -2.19. The van der Waals surface area contributed by atoms with Crippen LogP contribution in [0.5, 0.6) is 0 Å². The van der Waals surface area contributed by atoms with Crippen LogP contribution in [0.1, 0.15) is 5.56 Å². The van der Waals surface area contributed by atoms with Gasteiger partial charge in [0.15, 0.2) is 0 Å². The lowest BCUT2D eigenvalue weighted by Gasteiger charge is -2.07. The van der Waals surface area contributed by atoms with Crippen molar-refractivity contribution in [2.75, 3.05) is 0 Å². The van der Waals surface area contributed by atoms with Gasteiger partial charge in [0.2, 0.25) is 0 Å². The first-order valence-corrected chi connectivity index (χ1v) is 5.54. The van der Waals surface area contributed by atoms with Crippen LogP contribution in [0.25, 0.3) is 0 Å². The number of benzene rings is 1. The molecule has 2 aromatic rings. The van der Waals surface area contributed by atoms with Gasteiger partial charge in [0.1, 0.15) is 0 Å². The number of nitrogens with zero attached hydrogens (tertiary/aromatic N) is 2. The van der Waals surface area contributed by atoms with E-state index in [-0.39, 0.29) is 22.8 Å². The molecule has 0 amide bonds. The van der Waals surface area contributed by atoms with E-state index in [9.17, 15) is 14.9 Å². The van der Waals surface area contributed by atoms with Gasteiger partial charge in [-0.1, -0.05) is 23.7 Å². The summed E-state index contributed by atoms with van der Waals surface area (Å²) in [6.07, 6.45) is 1.56. The maximum absolute atomic E-state index is 11.6. The van der Waals surface area contributed by atoms with Crippen LogP contribution >= 0.6 is 11.6 Å². The van der Waals surface area contributed by atoms with Gasteiger partial charge in [-0.2, -0.15) is 0 Å². The molecule has 0 atom stereocenters. The van der Waals surface area contributed by atoms with Gasteiger partial charge in [-0.15, -0.1) is 0 Å². The molecule has 0 radical (unpaired) electrons. The fraction of sp³-hybridized carbons (Fsp3) is 0.0833. The molecule has 1 aromatic heterocycles. The van der Waals surface area contributed by atoms with Crippen molar-refractivity contribution in [1.82, 2.24) is 4.57 Å². The van der Waals surface area contributed by atoms with Crippen molar-refractivity contribution in [3.8, 4) is 0 Å². The quantitative estimate of drug-likeness (QED) is 0.632. The molecule has 6 heteroatoms. The van der Waals surface area contributed by atoms with Crippen molar-refractivity contribution in [1.29, 1.82) is 0 Å². The SMILES string of the molecule is O=c1ccccn1Cc1c(Cl)cccc1[N+](=O)[O-]. The number of rotatable bonds is 3. The zero-order valence-electron chi connectivity index (χ0n) is 9.25. The summed E-state index contributed by atoms with van der Waals surface area (Å²) in [5.74, 6) is 0. The highest BCUT2D eigenvalue weighted by molar-refractivity contribution is 6.31. The molecule has 0 N–H and O–H groups in total. The molecule has 1 heterocycles. The molecule has 0 saturated heterocycles. The van der Waals surface area contributed by atoms with E-state index >= 15 is 0 Å². The predicted molar refractivity (Wildman–Crippen MR) is 67.9 cm³/mol. The monoisotopic (exact) mass is 264 g/mol. The third-order valence-corrected chi connectivity index (χ3v) is 2.87. The Balaban J connectivity index is 2.50.